The van der Waals surface area contributed by atoms with E-state index in [9.17, 15) is 9.90 Å². The van der Waals surface area contributed by atoms with Crippen LogP contribution in [-0.2, 0) is 4.74 Å². The fourth-order valence-electron chi connectivity index (χ4n) is 1.61. The first-order chi connectivity index (χ1) is 7.61. The summed E-state index contributed by atoms with van der Waals surface area (Å²) >= 11 is 0. The number of hydrogen-bond acceptors (Lipinski definition) is 6. The van der Waals surface area contributed by atoms with E-state index >= 15 is 0 Å². The molecule has 1 unspecified atom stereocenters. The summed E-state index contributed by atoms with van der Waals surface area (Å²) in [6.07, 6.45) is 1.90. The monoisotopic (exact) mass is 227 g/mol. The van der Waals surface area contributed by atoms with Crippen molar-refractivity contribution in [3.8, 4) is 0 Å². The van der Waals surface area contributed by atoms with Crippen molar-refractivity contribution in [2.45, 2.75) is 24.9 Å². The van der Waals surface area contributed by atoms with Crippen molar-refractivity contribution in [2.24, 2.45) is 0 Å². The first kappa shape index (κ1) is 11.1. The molecular weight excluding hydrogens is 214 g/mol. The number of ether oxygens (including phenoxy) is 1. The molecule has 0 amide bonds. The van der Waals surface area contributed by atoms with Crippen molar-refractivity contribution in [2.75, 3.05) is 11.9 Å². The van der Waals surface area contributed by atoms with E-state index in [0.29, 0.717) is 12.8 Å². The average Bonchev–Trinajstić information content (AvgIpc) is 2.60. The van der Waals surface area contributed by atoms with E-state index in [1.165, 1.54) is 12.3 Å². The molecule has 2 atom stereocenters. The Balaban J connectivity index is 2.07. The molecule has 0 saturated carbocycles. The lowest BCUT2D eigenvalue weighted by Gasteiger charge is -2.24. The van der Waals surface area contributed by atoms with Gasteiger partial charge in [-0.15, -0.1) is 0 Å². The molecule has 4 N–H and O–H groups in total. The van der Waals surface area contributed by atoms with Crippen molar-refractivity contribution in [1.29, 1.82) is 0 Å². The minimum atomic E-state index is -1.56. The van der Waals surface area contributed by atoms with Gasteiger partial charge >= 0.3 is 5.69 Å². The summed E-state index contributed by atoms with van der Waals surface area (Å²) in [5.74, 6) is -1.33. The highest BCUT2D eigenvalue weighted by atomic mass is 16.7. The molecule has 0 bridgehead atoms. The first-order valence-electron chi connectivity index (χ1n) is 4.96. The third kappa shape index (κ3) is 2.38. The van der Waals surface area contributed by atoms with Gasteiger partial charge in [-0.1, -0.05) is 0 Å². The molecule has 0 aromatic carbocycles. The number of hydrogen-bond donors (Lipinski definition) is 4. The predicted molar refractivity (Wildman–Crippen MR) is 54.6 cm³/mol. The molecule has 0 aliphatic carbocycles. The normalized spacial score (nSPS) is 29.2. The Kier molecular flexibility index (Phi) is 2.90. The molecule has 1 fully saturated rings. The van der Waals surface area contributed by atoms with Gasteiger partial charge in [-0.3, -0.25) is 0 Å². The van der Waals surface area contributed by atoms with Crippen molar-refractivity contribution in [3.05, 3.63) is 22.7 Å². The summed E-state index contributed by atoms with van der Waals surface area (Å²) in [7, 11) is 0. The number of nitrogens with zero attached hydrogens (tertiary/aromatic N) is 1. The van der Waals surface area contributed by atoms with E-state index in [1.54, 1.807) is 0 Å². The lowest BCUT2D eigenvalue weighted by molar-refractivity contribution is -0.176. The lowest BCUT2D eigenvalue weighted by Crippen LogP contribution is -2.39. The fourth-order valence-corrected chi connectivity index (χ4v) is 1.61. The second-order valence-electron chi connectivity index (χ2n) is 3.65. The number of aliphatic hydroxyl groups excluding tert-OH is 1. The Morgan fingerprint density at radius 3 is 3.19 bits per heavy atom. The number of aromatic amines is 1. The van der Waals surface area contributed by atoms with Crippen LogP contribution in [0.3, 0.4) is 0 Å². The molecule has 88 valence electrons. The number of anilines is 1. The molecule has 1 aromatic rings. The zero-order valence-corrected chi connectivity index (χ0v) is 8.51. The maximum absolute atomic E-state index is 10.9. The van der Waals surface area contributed by atoms with Gasteiger partial charge in [0.2, 0.25) is 5.91 Å². The highest BCUT2D eigenvalue weighted by Crippen LogP contribution is 2.28. The molecule has 1 aliphatic rings. The number of H-pyrrole nitrogens is 1. The van der Waals surface area contributed by atoms with Crippen molar-refractivity contribution in [3.63, 3.8) is 0 Å². The van der Waals surface area contributed by atoms with Crippen LogP contribution in [-0.4, -0.2) is 38.8 Å². The topological polar surface area (TPSA) is 107 Å². The number of aliphatic hydroxyl groups is 2. The van der Waals surface area contributed by atoms with Crippen LogP contribution in [0.2, 0.25) is 0 Å². The minimum Gasteiger partial charge on any atom is -0.394 e. The van der Waals surface area contributed by atoms with Crippen LogP contribution in [0, 0.1) is 0 Å². The van der Waals surface area contributed by atoms with Gasteiger partial charge in [-0.2, -0.15) is 4.98 Å². The molecule has 1 aromatic heterocycles. The minimum absolute atomic E-state index is 0.146. The maximum Gasteiger partial charge on any atom is 0.346 e. The number of nitrogens with one attached hydrogen (secondary N) is 2. The Bertz CT molecular complexity index is 421. The van der Waals surface area contributed by atoms with Crippen molar-refractivity contribution < 1.29 is 14.9 Å². The summed E-state index contributed by atoms with van der Waals surface area (Å²) in [6, 6.07) is 1.51. The van der Waals surface area contributed by atoms with E-state index in [0.717, 1.165) is 0 Å². The molecule has 1 saturated heterocycles. The molecule has 16 heavy (non-hydrogen) atoms. The van der Waals surface area contributed by atoms with E-state index in [-0.39, 0.29) is 18.5 Å². The Labute approximate surface area is 91.1 Å². The molecule has 1 aliphatic heterocycles. The van der Waals surface area contributed by atoms with Crippen molar-refractivity contribution in [1.82, 2.24) is 9.97 Å². The van der Waals surface area contributed by atoms with Crippen LogP contribution in [0.25, 0.3) is 0 Å². The van der Waals surface area contributed by atoms with Gasteiger partial charge in [-0.25, -0.2) is 4.79 Å². The highest BCUT2D eigenvalue weighted by Gasteiger charge is 2.38. The Hall–Kier alpha value is -1.44. The number of aromatic nitrogens is 2. The van der Waals surface area contributed by atoms with Gasteiger partial charge < -0.3 is 25.3 Å². The predicted octanol–water partition coefficient (Wildman–Crippen LogP) is -1.00. The molecule has 2 heterocycles. The van der Waals surface area contributed by atoms with E-state index in [2.05, 4.69) is 15.3 Å². The zero-order valence-electron chi connectivity index (χ0n) is 8.51. The molecule has 0 radical (unpaired) electrons. The van der Waals surface area contributed by atoms with Gasteiger partial charge in [-0.05, 0) is 12.5 Å². The standard InChI is InChI=1S/C9H13N3O4/c13-5-6-1-3-9(15,16-6)12-7-2-4-10-8(14)11-7/h2,4,6,13,15H,1,3,5H2,(H2,10,11,12,14)/t6-,9?/m0/s1. The average molecular weight is 227 g/mol. The third-order valence-corrected chi connectivity index (χ3v) is 2.36. The Morgan fingerprint density at radius 2 is 2.56 bits per heavy atom. The van der Waals surface area contributed by atoms with Crippen LogP contribution < -0.4 is 11.0 Å². The SMILES string of the molecule is O=c1nc(NC2(O)CC[C@@H](CO)O2)cc[nH]1. The number of rotatable bonds is 3. The first-order valence-corrected chi connectivity index (χ1v) is 4.96. The van der Waals surface area contributed by atoms with Crippen molar-refractivity contribution >= 4 is 5.82 Å². The lowest BCUT2D eigenvalue weighted by atomic mass is 10.2. The largest absolute Gasteiger partial charge is 0.394 e. The van der Waals surface area contributed by atoms with Crippen LogP contribution >= 0.6 is 0 Å². The van der Waals surface area contributed by atoms with Crippen LogP contribution in [0.4, 0.5) is 5.82 Å². The Morgan fingerprint density at radius 1 is 1.75 bits per heavy atom. The summed E-state index contributed by atoms with van der Waals surface area (Å²) in [5.41, 5.74) is -0.509. The van der Waals surface area contributed by atoms with E-state index in [1.807, 2.05) is 0 Å². The smallest absolute Gasteiger partial charge is 0.346 e. The molecular formula is C9H13N3O4. The van der Waals surface area contributed by atoms with Crippen LogP contribution in [0.5, 0.6) is 0 Å². The summed E-state index contributed by atoms with van der Waals surface area (Å²) < 4.78 is 5.18. The van der Waals surface area contributed by atoms with Gasteiger partial charge in [0.05, 0.1) is 12.7 Å². The summed E-state index contributed by atoms with van der Waals surface area (Å²) in [6.45, 7) is -0.146. The summed E-state index contributed by atoms with van der Waals surface area (Å²) in [4.78, 5) is 16.9. The van der Waals surface area contributed by atoms with Crippen LogP contribution in [0.15, 0.2) is 17.1 Å². The third-order valence-electron chi connectivity index (χ3n) is 2.36. The van der Waals surface area contributed by atoms with Gasteiger partial charge in [0, 0.05) is 12.6 Å². The quantitative estimate of drug-likeness (QED) is 0.493. The zero-order chi connectivity index (χ0) is 11.6. The second kappa shape index (κ2) is 4.20. The molecule has 7 heteroatoms. The van der Waals surface area contributed by atoms with E-state index < -0.39 is 11.6 Å². The second-order valence-corrected chi connectivity index (χ2v) is 3.65. The molecule has 7 nitrogen and oxygen atoms in total. The van der Waals surface area contributed by atoms with Gasteiger partial charge in [0.25, 0.3) is 0 Å². The molecule has 0 spiro atoms. The highest BCUT2D eigenvalue weighted by molar-refractivity contribution is 5.33. The fraction of sp³-hybridized carbons (Fsp3) is 0.556. The molecule has 2 rings (SSSR count). The van der Waals surface area contributed by atoms with E-state index in [4.69, 9.17) is 9.84 Å². The van der Waals surface area contributed by atoms with Gasteiger partial charge in [0.15, 0.2) is 0 Å². The van der Waals surface area contributed by atoms with Crippen LogP contribution in [0.1, 0.15) is 12.8 Å². The van der Waals surface area contributed by atoms with Gasteiger partial charge in [0.1, 0.15) is 5.82 Å². The maximum atomic E-state index is 10.9. The summed E-state index contributed by atoms with van der Waals surface area (Å²) in [5, 5.41) is 21.4.